The van der Waals surface area contributed by atoms with Gasteiger partial charge in [0.1, 0.15) is 0 Å². The molecule has 2 nitrogen and oxygen atoms in total. The number of unbranched alkanes of at least 4 members (excludes halogenated alkanes) is 2. The highest BCUT2D eigenvalue weighted by molar-refractivity contribution is 7.98. The Morgan fingerprint density at radius 2 is 2.08 bits per heavy atom. The first-order valence-corrected chi connectivity index (χ1v) is 6.35. The summed E-state index contributed by atoms with van der Waals surface area (Å²) < 4.78 is 5.04. The summed E-state index contributed by atoms with van der Waals surface area (Å²) in [6, 6.07) is 0. The maximum atomic E-state index is 11.1. The molecule has 3 heteroatoms. The Kier molecular flexibility index (Phi) is 9.77. The quantitative estimate of drug-likeness (QED) is 0.449. The van der Waals surface area contributed by atoms with E-state index in [0.717, 1.165) is 31.4 Å². The van der Waals surface area contributed by atoms with E-state index < -0.39 is 0 Å². The molecule has 0 aromatic carbocycles. The van der Waals surface area contributed by atoms with Crippen LogP contribution in [0.3, 0.4) is 0 Å². The van der Waals surface area contributed by atoms with Gasteiger partial charge in [0, 0.05) is 6.42 Å². The monoisotopic (exact) mass is 204 g/mol. The van der Waals surface area contributed by atoms with Crippen molar-refractivity contribution in [3.05, 3.63) is 0 Å². The smallest absolute Gasteiger partial charge is 0.305 e. The second-order valence-corrected chi connectivity index (χ2v) is 4.01. The Labute approximate surface area is 85.4 Å². The highest BCUT2D eigenvalue weighted by Gasteiger charge is 2.00. The first kappa shape index (κ1) is 12.8. The lowest BCUT2D eigenvalue weighted by molar-refractivity contribution is -0.143. The Morgan fingerprint density at radius 1 is 1.31 bits per heavy atom. The summed E-state index contributed by atoms with van der Waals surface area (Å²) in [6.45, 7) is 2.72. The highest BCUT2D eigenvalue weighted by atomic mass is 32.2. The molecule has 0 aliphatic rings. The molecule has 0 saturated heterocycles. The van der Waals surface area contributed by atoms with Crippen LogP contribution in [-0.2, 0) is 9.53 Å². The molecule has 0 aliphatic carbocycles. The van der Waals surface area contributed by atoms with Crippen molar-refractivity contribution in [3.63, 3.8) is 0 Å². The second-order valence-electron chi connectivity index (χ2n) is 3.02. The number of esters is 1. The molecule has 0 N–H and O–H groups in total. The number of hydrogen-bond donors (Lipinski definition) is 0. The Bertz CT molecular complexity index is 126. The second kappa shape index (κ2) is 9.90. The molecule has 78 valence electrons. The molecule has 0 bridgehead atoms. The third-order valence-corrected chi connectivity index (χ3v) is 2.44. The zero-order chi connectivity index (χ0) is 9.94. The molecule has 0 saturated carbocycles. The van der Waals surface area contributed by atoms with Crippen LogP contribution >= 0.6 is 11.8 Å². The summed E-state index contributed by atoms with van der Waals surface area (Å²) in [5.41, 5.74) is 0. The lowest BCUT2D eigenvalue weighted by Crippen LogP contribution is -2.06. The molecule has 0 rings (SSSR count). The van der Waals surface area contributed by atoms with Gasteiger partial charge in [0.25, 0.3) is 0 Å². The van der Waals surface area contributed by atoms with E-state index in [1.807, 2.05) is 0 Å². The largest absolute Gasteiger partial charge is 0.466 e. The van der Waals surface area contributed by atoms with Gasteiger partial charge in [-0.1, -0.05) is 19.8 Å². The third-order valence-electron chi connectivity index (χ3n) is 1.74. The molecule has 0 radical (unpaired) electrons. The van der Waals surface area contributed by atoms with Gasteiger partial charge in [0.15, 0.2) is 0 Å². The molecule has 13 heavy (non-hydrogen) atoms. The molecule has 0 aromatic heterocycles. The van der Waals surface area contributed by atoms with E-state index in [1.54, 1.807) is 11.8 Å². The molecule has 0 atom stereocenters. The topological polar surface area (TPSA) is 26.3 Å². The van der Waals surface area contributed by atoms with Crippen molar-refractivity contribution in [1.82, 2.24) is 0 Å². The van der Waals surface area contributed by atoms with Gasteiger partial charge in [0.2, 0.25) is 0 Å². The normalized spacial score (nSPS) is 10.0. The number of thioether (sulfide) groups is 1. The first-order valence-electron chi connectivity index (χ1n) is 4.95. The minimum Gasteiger partial charge on any atom is -0.466 e. The van der Waals surface area contributed by atoms with E-state index in [9.17, 15) is 4.79 Å². The Morgan fingerprint density at radius 3 is 2.69 bits per heavy atom. The fourth-order valence-corrected chi connectivity index (χ4v) is 1.39. The molecule has 0 aromatic rings. The van der Waals surface area contributed by atoms with E-state index in [1.165, 1.54) is 0 Å². The van der Waals surface area contributed by atoms with Crippen LogP contribution in [-0.4, -0.2) is 24.6 Å². The summed E-state index contributed by atoms with van der Waals surface area (Å²) >= 11 is 1.78. The predicted molar refractivity (Wildman–Crippen MR) is 58.1 cm³/mol. The zero-order valence-electron chi connectivity index (χ0n) is 8.67. The van der Waals surface area contributed by atoms with E-state index in [2.05, 4.69) is 13.2 Å². The molecule has 0 heterocycles. The molecule has 0 fully saturated rings. The molecular formula is C10H20O2S. The Hall–Kier alpha value is -0.180. The van der Waals surface area contributed by atoms with Crippen molar-refractivity contribution in [3.8, 4) is 0 Å². The standard InChI is InChI=1S/C10H20O2S/c1-3-4-5-7-10(11)12-8-6-9-13-2/h3-9H2,1-2H3. The summed E-state index contributed by atoms with van der Waals surface area (Å²) in [5, 5.41) is 0. The van der Waals surface area contributed by atoms with E-state index in [4.69, 9.17) is 4.74 Å². The molecule has 0 aliphatic heterocycles. The van der Waals surface area contributed by atoms with Crippen molar-refractivity contribution in [2.75, 3.05) is 18.6 Å². The fraction of sp³-hybridized carbons (Fsp3) is 0.900. The Balaban J connectivity index is 3.11. The van der Waals surface area contributed by atoms with Crippen LogP contribution in [0.15, 0.2) is 0 Å². The van der Waals surface area contributed by atoms with Gasteiger partial charge in [-0.25, -0.2) is 0 Å². The molecule has 0 amide bonds. The van der Waals surface area contributed by atoms with Gasteiger partial charge in [-0.15, -0.1) is 0 Å². The van der Waals surface area contributed by atoms with Gasteiger partial charge < -0.3 is 4.74 Å². The summed E-state index contributed by atoms with van der Waals surface area (Å²) in [5.74, 6) is 1.04. The summed E-state index contributed by atoms with van der Waals surface area (Å²) in [7, 11) is 0. The van der Waals surface area contributed by atoms with Crippen molar-refractivity contribution in [2.45, 2.75) is 39.0 Å². The van der Waals surface area contributed by atoms with Crippen LogP contribution in [0.5, 0.6) is 0 Å². The van der Waals surface area contributed by atoms with Crippen LogP contribution in [0.2, 0.25) is 0 Å². The van der Waals surface area contributed by atoms with Crippen molar-refractivity contribution in [2.24, 2.45) is 0 Å². The molecule has 0 unspecified atom stereocenters. The fourth-order valence-electron chi connectivity index (χ4n) is 0.981. The van der Waals surface area contributed by atoms with E-state index in [-0.39, 0.29) is 5.97 Å². The lowest BCUT2D eigenvalue weighted by atomic mass is 10.2. The maximum Gasteiger partial charge on any atom is 0.305 e. The number of carbonyl (C=O) groups is 1. The van der Waals surface area contributed by atoms with Crippen molar-refractivity contribution >= 4 is 17.7 Å². The number of ether oxygens (including phenoxy) is 1. The molecule has 0 spiro atoms. The van der Waals surface area contributed by atoms with Crippen molar-refractivity contribution < 1.29 is 9.53 Å². The molecular weight excluding hydrogens is 184 g/mol. The van der Waals surface area contributed by atoms with Crippen LogP contribution in [0.1, 0.15) is 39.0 Å². The van der Waals surface area contributed by atoms with Crippen molar-refractivity contribution in [1.29, 1.82) is 0 Å². The third kappa shape index (κ3) is 9.74. The van der Waals surface area contributed by atoms with Crippen LogP contribution in [0.4, 0.5) is 0 Å². The van der Waals surface area contributed by atoms with Crippen LogP contribution in [0, 0.1) is 0 Å². The lowest BCUT2D eigenvalue weighted by Gasteiger charge is -2.03. The number of carbonyl (C=O) groups excluding carboxylic acids is 1. The van der Waals surface area contributed by atoms with E-state index in [0.29, 0.717) is 13.0 Å². The SMILES string of the molecule is CCCCCC(=O)OCCCSC. The van der Waals surface area contributed by atoms with Gasteiger partial charge in [0.05, 0.1) is 6.61 Å². The van der Waals surface area contributed by atoms with Gasteiger partial charge >= 0.3 is 5.97 Å². The van der Waals surface area contributed by atoms with Gasteiger partial charge in [-0.2, -0.15) is 11.8 Å². The average Bonchev–Trinajstić information content (AvgIpc) is 2.13. The number of rotatable bonds is 8. The first-order chi connectivity index (χ1) is 6.31. The summed E-state index contributed by atoms with van der Waals surface area (Å²) in [4.78, 5) is 11.1. The van der Waals surface area contributed by atoms with E-state index >= 15 is 0 Å². The summed E-state index contributed by atoms with van der Waals surface area (Å²) in [6.07, 6.45) is 6.87. The number of hydrogen-bond acceptors (Lipinski definition) is 3. The maximum absolute atomic E-state index is 11.1. The zero-order valence-corrected chi connectivity index (χ0v) is 9.49. The van der Waals surface area contributed by atoms with Crippen LogP contribution in [0.25, 0.3) is 0 Å². The van der Waals surface area contributed by atoms with Gasteiger partial charge in [-0.3, -0.25) is 4.79 Å². The van der Waals surface area contributed by atoms with Gasteiger partial charge in [-0.05, 0) is 24.9 Å². The average molecular weight is 204 g/mol. The predicted octanol–water partition coefficient (Wildman–Crippen LogP) is 2.86. The van der Waals surface area contributed by atoms with Crippen LogP contribution < -0.4 is 0 Å². The highest BCUT2D eigenvalue weighted by Crippen LogP contribution is 2.01. The minimum atomic E-state index is -0.0328. The minimum absolute atomic E-state index is 0.0328.